The molecular formula is C16H19N3O2. The molecule has 1 aromatic heterocycles. The fourth-order valence-corrected chi connectivity index (χ4v) is 2.10. The SMILES string of the molecule is CCNc1ncc(Nc2ccc(C)cc2C(=O)O)cc1C. The van der Waals surface area contributed by atoms with Gasteiger partial charge in [0.1, 0.15) is 5.82 Å². The third kappa shape index (κ3) is 3.51. The number of aromatic nitrogens is 1. The van der Waals surface area contributed by atoms with Crippen molar-refractivity contribution < 1.29 is 9.90 Å². The van der Waals surface area contributed by atoms with E-state index in [1.54, 1.807) is 18.3 Å². The van der Waals surface area contributed by atoms with Gasteiger partial charge in [-0.2, -0.15) is 0 Å². The molecule has 110 valence electrons. The van der Waals surface area contributed by atoms with Gasteiger partial charge in [0.05, 0.1) is 23.1 Å². The molecule has 2 aromatic rings. The van der Waals surface area contributed by atoms with Crippen molar-refractivity contribution in [2.75, 3.05) is 17.2 Å². The second kappa shape index (κ2) is 6.26. The van der Waals surface area contributed by atoms with Crippen molar-refractivity contribution in [2.45, 2.75) is 20.8 Å². The number of nitrogens with one attached hydrogen (secondary N) is 2. The van der Waals surface area contributed by atoms with Gasteiger partial charge in [-0.25, -0.2) is 9.78 Å². The summed E-state index contributed by atoms with van der Waals surface area (Å²) in [6.45, 7) is 6.65. The quantitative estimate of drug-likeness (QED) is 0.783. The van der Waals surface area contributed by atoms with Crippen LogP contribution in [-0.2, 0) is 0 Å². The van der Waals surface area contributed by atoms with Crippen molar-refractivity contribution in [3.63, 3.8) is 0 Å². The Morgan fingerprint density at radius 1 is 1.29 bits per heavy atom. The highest BCUT2D eigenvalue weighted by Gasteiger charge is 2.11. The lowest BCUT2D eigenvalue weighted by Crippen LogP contribution is -2.05. The van der Waals surface area contributed by atoms with Crippen LogP contribution in [0.5, 0.6) is 0 Å². The minimum atomic E-state index is -0.949. The predicted octanol–water partition coefficient (Wildman–Crippen LogP) is 3.57. The maximum atomic E-state index is 11.3. The van der Waals surface area contributed by atoms with Crippen molar-refractivity contribution >= 4 is 23.2 Å². The Bertz CT molecular complexity index is 669. The fraction of sp³-hybridized carbons (Fsp3) is 0.250. The van der Waals surface area contributed by atoms with Crippen molar-refractivity contribution in [1.29, 1.82) is 0 Å². The molecule has 0 saturated heterocycles. The zero-order valence-electron chi connectivity index (χ0n) is 12.4. The summed E-state index contributed by atoms with van der Waals surface area (Å²) in [6, 6.07) is 7.24. The van der Waals surface area contributed by atoms with Crippen LogP contribution in [0.25, 0.3) is 0 Å². The standard InChI is InChI=1S/C16H19N3O2/c1-4-17-15-11(3)8-12(9-18-15)19-14-6-5-10(2)7-13(14)16(20)21/h5-9,19H,4H2,1-3H3,(H,17,18)(H,20,21). The third-order valence-corrected chi connectivity index (χ3v) is 3.11. The second-order valence-corrected chi connectivity index (χ2v) is 4.90. The van der Waals surface area contributed by atoms with Crippen LogP contribution in [0.15, 0.2) is 30.5 Å². The van der Waals surface area contributed by atoms with Crippen LogP contribution >= 0.6 is 0 Å². The molecule has 0 fully saturated rings. The summed E-state index contributed by atoms with van der Waals surface area (Å²) in [5.41, 5.74) is 3.50. The topological polar surface area (TPSA) is 74.2 Å². The van der Waals surface area contributed by atoms with E-state index in [0.29, 0.717) is 5.69 Å². The molecule has 0 aliphatic carbocycles. The van der Waals surface area contributed by atoms with Crippen LogP contribution in [0.2, 0.25) is 0 Å². The van der Waals surface area contributed by atoms with Crippen molar-refractivity contribution in [3.05, 3.63) is 47.2 Å². The van der Waals surface area contributed by atoms with Crippen LogP contribution in [0, 0.1) is 13.8 Å². The Labute approximate surface area is 124 Å². The highest BCUT2D eigenvalue weighted by Crippen LogP contribution is 2.24. The lowest BCUT2D eigenvalue weighted by Gasteiger charge is -2.12. The lowest BCUT2D eigenvalue weighted by molar-refractivity contribution is 0.0698. The van der Waals surface area contributed by atoms with Gasteiger partial charge in [0, 0.05) is 6.54 Å². The first-order valence-corrected chi connectivity index (χ1v) is 6.82. The summed E-state index contributed by atoms with van der Waals surface area (Å²) in [4.78, 5) is 15.6. The molecule has 0 spiro atoms. The fourth-order valence-electron chi connectivity index (χ4n) is 2.10. The number of anilines is 3. The number of aryl methyl sites for hydroxylation is 2. The molecule has 0 atom stereocenters. The molecule has 3 N–H and O–H groups in total. The van der Waals surface area contributed by atoms with E-state index in [2.05, 4.69) is 15.6 Å². The molecule has 0 amide bonds. The minimum absolute atomic E-state index is 0.253. The Kier molecular flexibility index (Phi) is 4.42. The molecule has 0 aliphatic rings. The molecule has 1 heterocycles. The molecule has 5 heteroatoms. The van der Waals surface area contributed by atoms with Gasteiger partial charge < -0.3 is 15.7 Å². The zero-order chi connectivity index (χ0) is 15.4. The minimum Gasteiger partial charge on any atom is -0.478 e. The molecule has 0 radical (unpaired) electrons. The van der Waals surface area contributed by atoms with E-state index in [-0.39, 0.29) is 5.56 Å². The molecule has 0 aliphatic heterocycles. The monoisotopic (exact) mass is 285 g/mol. The maximum Gasteiger partial charge on any atom is 0.337 e. The summed E-state index contributed by atoms with van der Waals surface area (Å²) in [7, 11) is 0. The molecule has 0 unspecified atom stereocenters. The number of nitrogens with zero attached hydrogens (tertiary/aromatic N) is 1. The largest absolute Gasteiger partial charge is 0.478 e. The van der Waals surface area contributed by atoms with E-state index in [9.17, 15) is 9.90 Å². The van der Waals surface area contributed by atoms with E-state index in [1.807, 2.05) is 32.9 Å². The zero-order valence-corrected chi connectivity index (χ0v) is 12.4. The van der Waals surface area contributed by atoms with Gasteiger partial charge in [0.25, 0.3) is 0 Å². The summed E-state index contributed by atoms with van der Waals surface area (Å²) in [5.74, 6) is -0.111. The average molecular weight is 285 g/mol. The second-order valence-electron chi connectivity index (χ2n) is 4.90. The Hall–Kier alpha value is -2.56. The predicted molar refractivity (Wildman–Crippen MR) is 84.6 cm³/mol. The van der Waals surface area contributed by atoms with Crippen LogP contribution in [0.1, 0.15) is 28.4 Å². The molecule has 21 heavy (non-hydrogen) atoms. The van der Waals surface area contributed by atoms with E-state index in [1.165, 1.54) is 0 Å². The van der Waals surface area contributed by atoms with Crippen LogP contribution in [0.4, 0.5) is 17.2 Å². The van der Waals surface area contributed by atoms with Gasteiger partial charge in [-0.1, -0.05) is 11.6 Å². The molecule has 5 nitrogen and oxygen atoms in total. The normalized spacial score (nSPS) is 10.2. The highest BCUT2D eigenvalue weighted by molar-refractivity contribution is 5.95. The number of carbonyl (C=O) groups is 1. The molecule has 1 aromatic carbocycles. The number of hydrogen-bond acceptors (Lipinski definition) is 4. The highest BCUT2D eigenvalue weighted by atomic mass is 16.4. The van der Waals surface area contributed by atoms with E-state index >= 15 is 0 Å². The molecule has 2 rings (SSSR count). The first-order valence-electron chi connectivity index (χ1n) is 6.82. The van der Waals surface area contributed by atoms with Gasteiger partial charge in [-0.05, 0) is 44.5 Å². The first kappa shape index (κ1) is 14.8. The number of pyridine rings is 1. The number of carboxylic acid groups (broad SMARTS) is 1. The first-order chi connectivity index (χ1) is 10.0. The van der Waals surface area contributed by atoms with Crippen LogP contribution in [0.3, 0.4) is 0 Å². The number of rotatable bonds is 5. The molecule has 0 bridgehead atoms. The lowest BCUT2D eigenvalue weighted by atomic mass is 10.1. The smallest absolute Gasteiger partial charge is 0.337 e. The maximum absolute atomic E-state index is 11.3. The third-order valence-electron chi connectivity index (χ3n) is 3.11. The van der Waals surface area contributed by atoms with E-state index in [0.717, 1.165) is 29.2 Å². The van der Waals surface area contributed by atoms with Crippen molar-refractivity contribution in [3.8, 4) is 0 Å². The van der Waals surface area contributed by atoms with Gasteiger partial charge in [-0.15, -0.1) is 0 Å². The summed E-state index contributed by atoms with van der Waals surface area (Å²) in [5, 5.41) is 15.6. The molecule has 0 saturated carbocycles. The Morgan fingerprint density at radius 3 is 2.67 bits per heavy atom. The van der Waals surface area contributed by atoms with Crippen molar-refractivity contribution in [2.24, 2.45) is 0 Å². The van der Waals surface area contributed by atoms with Gasteiger partial charge in [-0.3, -0.25) is 0 Å². The van der Waals surface area contributed by atoms with Crippen molar-refractivity contribution in [1.82, 2.24) is 4.98 Å². The number of carboxylic acids is 1. The number of hydrogen-bond donors (Lipinski definition) is 3. The van der Waals surface area contributed by atoms with Gasteiger partial charge in [0.2, 0.25) is 0 Å². The number of aromatic carboxylic acids is 1. The molecular weight excluding hydrogens is 266 g/mol. The van der Waals surface area contributed by atoms with Crippen LogP contribution in [-0.4, -0.2) is 22.6 Å². The van der Waals surface area contributed by atoms with Gasteiger partial charge >= 0.3 is 5.97 Å². The number of benzene rings is 1. The van der Waals surface area contributed by atoms with Crippen LogP contribution < -0.4 is 10.6 Å². The summed E-state index contributed by atoms with van der Waals surface area (Å²) in [6.07, 6.45) is 1.69. The summed E-state index contributed by atoms with van der Waals surface area (Å²) >= 11 is 0. The summed E-state index contributed by atoms with van der Waals surface area (Å²) < 4.78 is 0. The van der Waals surface area contributed by atoms with E-state index < -0.39 is 5.97 Å². The Balaban J connectivity index is 2.30. The Morgan fingerprint density at radius 2 is 2.05 bits per heavy atom. The van der Waals surface area contributed by atoms with E-state index in [4.69, 9.17) is 0 Å². The van der Waals surface area contributed by atoms with Gasteiger partial charge in [0.15, 0.2) is 0 Å². The average Bonchev–Trinajstić information content (AvgIpc) is 2.44.